The van der Waals surface area contributed by atoms with Gasteiger partial charge in [-0.3, -0.25) is 0 Å². The second kappa shape index (κ2) is 7.54. The van der Waals surface area contributed by atoms with E-state index in [2.05, 4.69) is 29.2 Å². The lowest BCUT2D eigenvalue weighted by atomic mass is 10.0. The maximum Gasteiger partial charge on any atom is 0.0642 e. The van der Waals surface area contributed by atoms with E-state index in [4.69, 9.17) is 10.5 Å². The summed E-state index contributed by atoms with van der Waals surface area (Å²) in [5.74, 6) is 0. The number of nitrogens with zero attached hydrogens (tertiary/aromatic N) is 1. The molecule has 0 radical (unpaired) electrons. The molecule has 0 aromatic heterocycles. The molecular formula is C13H21ClN2O. The minimum atomic E-state index is 0. The Labute approximate surface area is 109 Å². The van der Waals surface area contributed by atoms with E-state index in [-0.39, 0.29) is 12.4 Å². The molecule has 2 N–H and O–H groups in total. The predicted octanol–water partition coefficient (Wildman–Crippen LogP) is 1.84. The quantitative estimate of drug-likeness (QED) is 0.817. The average molecular weight is 257 g/mol. The average Bonchev–Trinajstić information content (AvgIpc) is 2.35. The molecule has 3 nitrogen and oxygen atoms in total. The maximum atomic E-state index is 5.43. The van der Waals surface area contributed by atoms with Crippen molar-refractivity contribution in [3.05, 3.63) is 29.8 Å². The lowest BCUT2D eigenvalue weighted by Crippen LogP contribution is -2.32. The van der Waals surface area contributed by atoms with E-state index in [0.29, 0.717) is 13.2 Å². The Morgan fingerprint density at radius 2 is 2.06 bits per heavy atom. The molecule has 17 heavy (non-hydrogen) atoms. The highest BCUT2D eigenvalue weighted by molar-refractivity contribution is 5.85. The standard InChI is InChI=1S/C13H20N2O.ClH/c14-7-10-16-11-9-15-8-3-5-12-4-1-2-6-13(12)15;/h1-2,4,6H,3,5,7-11,14H2;1H. The van der Waals surface area contributed by atoms with Gasteiger partial charge in [-0.15, -0.1) is 12.4 Å². The van der Waals surface area contributed by atoms with Gasteiger partial charge in [-0.05, 0) is 24.5 Å². The summed E-state index contributed by atoms with van der Waals surface area (Å²) in [5, 5.41) is 0. The normalized spacial score (nSPS) is 14.1. The van der Waals surface area contributed by atoms with E-state index in [1.807, 2.05) is 0 Å². The zero-order valence-corrected chi connectivity index (χ0v) is 10.9. The number of fused-ring (bicyclic) bond motifs is 1. The fraction of sp³-hybridized carbons (Fsp3) is 0.538. The highest BCUT2D eigenvalue weighted by Crippen LogP contribution is 2.25. The van der Waals surface area contributed by atoms with Gasteiger partial charge < -0.3 is 15.4 Å². The molecule has 0 spiro atoms. The van der Waals surface area contributed by atoms with Gasteiger partial charge in [0.1, 0.15) is 0 Å². The highest BCUT2D eigenvalue weighted by atomic mass is 35.5. The summed E-state index contributed by atoms with van der Waals surface area (Å²) in [6.07, 6.45) is 2.45. The first-order valence-corrected chi connectivity index (χ1v) is 6.02. The third-order valence-corrected chi connectivity index (χ3v) is 2.97. The first-order valence-electron chi connectivity index (χ1n) is 6.02. The summed E-state index contributed by atoms with van der Waals surface area (Å²) in [6, 6.07) is 8.66. The summed E-state index contributed by atoms with van der Waals surface area (Å²) in [5.41, 5.74) is 8.23. The molecule has 0 saturated carbocycles. The van der Waals surface area contributed by atoms with Gasteiger partial charge in [0.2, 0.25) is 0 Å². The van der Waals surface area contributed by atoms with Crippen molar-refractivity contribution in [2.75, 3.05) is 37.7 Å². The fourth-order valence-electron chi connectivity index (χ4n) is 2.20. The van der Waals surface area contributed by atoms with Crippen molar-refractivity contribution in [1.29, 1.82) is 0 Å². The summed E-state index contributed by atoms with van der Waals surface area (Å²) in [4.78, 5) is 2.41. The van der Waals surface area contributed by atoms with E-state index in [9.17, 15) is 0 Å². The largest absolute Gasteiger partial charge is 0.378 e. The van der Waals surface area contributed by atoms with Crippen LogP contribution in [0.4, 0.5) is 5.69 Å². The molecular weight excluding hydrogens is 236 g/mol. The smallest absolute Gasteiger partial charge is 0.0642 e. The number of hydrogen-bond acceptors (Lipinski definition) is 3. The number of aryl methyl sites for hydroxylation is 1. The third-order valence-electron chi connectivity index (χ3n) is 2.97. The highest BCUT2D eigenvalue weighted by Gasteiger charge is 2.15. The van der Waals surface area contributed by atoms with Crippen LogP contribution in [0.25, 0.3) is 0 Å². The van der Waals surface area contributed by atoms with Crippen molar-refractivity contribution in [3.8, 4) is 0 Å². The van der Waals surface area contributed by atoms with Crippen LogP contribution in [0.5, 0.6) is 0 Å². The Hall–Kier alpha value is -0.770. The second-order valence-corrected chi connectivity index (χ2v) is 4.12. The SMILES string of the molecule is Cl.NCCOCCN1CCCc2ccccc21. The van der Waals surface area contributed by atoms with Gasteiger partial charge in [0.25, 0.3) is 0 Å². The molecule has 4 heteroatoms. The van der Waals surface area contributed by atoms with E-state index >= 15 is 0 Å². The van der Waals surface area contributed by atoms with Crippen LogP contribution in [-0.2, 0) is 11.2 Å². The number of anilines is 1. The van der Waals surface area contributed by atoms with Gasteiger partial charge in [0, 0.05) is 25.3 Å². The van der Waals surface area contributed by atoms with E-state index in [1.165, 1.54) is 24.1 Å². The van der Waals surface area contributed by atoms with Gasteiger partial charge >= 0.3 is 0 Å². The minimum absolute atomic E-state index is 0. The third kappa shape index (κ3) is 3.87. The molecule has 1 heterocycles. The molecule has 1 aromatic rings. The van der Waals surface area contributed by atoms with Gasteiger partial charge in [-0.25, -0.2) is 0 Å². The Bertz CT molecular complexity index is 333. The maximum absolute atomic E-state index is 5.43. The summed E-state index contributed by atoms with van der Waals surface area (Å²) < 4.78 is 5.43. The zero-order valence-electron chi connectivity index (χ0n) is 10.1. The van der Waals surface area contributed by atoms with E-state index in [0.717, 1.165) is 19.7 Å². The van der Waals surface area contributed by atoms with Crippen LogP contribution in [0.15, 0.2) is 24.3 Å². The molecule has 96 valence electrons. The van der Waals surface area contributed by atoms with Gasteiger partial charge in [-0.2, -0.15) is 0 Å². The number of nitrogens with two attached hydrogens (primary N) is 1. The summed E-state index contributed by atoms with van der Waals surface area (Å²) in [7, 11) is 0. The van der Waals surface area contributed by atoms with Crippen LogP contribution in [0.3, 0.4) is 0 Å². The molecule has 0 amide bonds. The molecule has 0 fully saturated rings. The predicted molar refractivity (Wildman–Crippen MR) is 74.1 cm³/mol. The second-order valence-electron chi connectivity index (χ2n) is 4.12. The first-order chi connectivity index (χ1) is 7.92. The number of benzene rings is 1. The minimum Gasteiger partial charge on any atom is -0.378 e. The number of halogens is 1. The zero-order chi connectivity index (χ0) is 11.2. The first kappa shape index (κ1) is 14.3. The van der Waals surface area contributed by atoms with E-state index in [1.54, 1.807) is 0 Å². The van der Waals surface area contributed by atoms with Crippen LogP contribution >= 0.6 is 12.4 Å². The van der Waals surface area contributed by atoms with Crippen LogP contribution in [-0.4, -0.2) is 32.8 Å². The fourth-order valence-corrected chi connectivity index (χ4v) is 2.20. The van der Waals surface area contributed by atoms with Crippen molar-refractivity contribution >= 4 is 18.1 Å². The molecule has 0 atom stereocenters. The molecule has 1 aliphatic rings. The van der Waals surface area contributed by atoms with Crippen molar-refractivity contribution in [2.45, 2.75) is 12.8 Å². The molecule has 0 bridgehead atoms. The Kier molecular flexibility index (Phi) is 6.34. The van der Waals surface area contributed by atoms with Gasteiger partial charge in [-0.1, -0.05) is 18.2 Å². The monoisotopic (exact) mass is 256 g/mol. The Morgan fingerprint density at radius 3 is 2.88 bits per heavy atom. The topological polar surface area (TPSA) is 38.5 Å². The molecule has 1 aromatic carbocycles. The number of para-hydroxylation sites is 1. The molecule has 0 aliphatic carbocycles. The number of hydrogen-bond donors (Lipinski definition) is 1. The van der Waals surface area contributed by atoms with Crippen molar-refractivity contribution < 1.29 is 4.74 Å². The van der Waals surface area contributed by atoms with Crippen molar-refractivity contribution in [1.82, 2.24) is 0 Å². The van der Waals surface area contributed by atoms with Crippen LogP contribution < -0.4 is 10.6 Å². The lowest BCUT2D eigenvalue weighted by molar-refractivity contribution is 0.147. The van der Waals surface area contributed by atoms with E-state index < -0.39 is 0 Å². The molecule has 0 unspecified atom stereocenters. The number of rotatable bonds is 5. The summed E-state index contributed by atoms with van der Waals surface area (Å²) in [6.45, 7) is 4.15. The van der Waals surface area contributed by atoms with Crippen LogP contribution in [0.1, 0.15) is 12.0 Å². The summed E-state index contributed by atoms with van der Waals surface area (Å²) >= 11 is 0. The van der Waals surface area contributed by atoms with Crippen molar-refractivity contribution in [3.63, 3.8) is 0 Å². The Balaban J connectivity index is 0.00000144. The molecule has 0 saturated heterocycles. The number of ether oxygens (including phenoxy) is 1. The van der Waals surface area contributed by atoms with Crippen molar-refractivity contribution in [2.24, 2.45) is 5.73 Å². The van der Waals surface area contributed by atoms with Gasteiger partial charge in [0.15, 0.2) is 0 Å². The molecule has 2 rings (SSSR count). The molecule has 1 aliphatic heterocycles. The van der Waals surface area contributed by atoms with Crippen LogP contribution in [0, 0.1) is 0 Å². The van der Waals surface area contributed by atoms with Gasteiger partial charge in [0.05, 0.1) is 13.2 Å². The van der Waals surface area contributed by atoms with Crippen LogP contribution in [0.2, 0.25) is 0 Å². The lowest BCUT2D eigenvalue weighted by Gasteiger charge is -2.31. The Morgan fingerprint density at radius 1 is 1.24 bits per heavy atom.